The molecule has 140 valence electrons. The number of rotatable bonds is 5. The third-order valence-electron chi connectivity index (χ3n) is 3.64. The van der Waals surface area contributed by atoms with Crippen molar-refractivity contribution in [1.82, 2.24) is 0 Å². The molecular formula is C18H17N3O5S. The van der Waals surface area contributed by atoms with Crippen molar-refractivity contribution >= 4 is 27.6 Å². The maximum atomic E-state index is 11.7. The van der Waals surface area contributed by atoms with Crippen molar-refractivity contribution in [1.29, 1.82) is 0 Å². The van der Waals surface area contributed by atoms with Crippen LogP contribution in [0.3, 0.4) is 0 Å². The van der Waals surface area contributed by atoms with Gasteiger partial charge in [0.2, 0.25) is 10.0 Å². The number of hydrogen-bond donors (Lipinski definition) is 4. The highest BCUT2D eigenvalue weighted by atomic mass is 32.2. The zero-order valence-corrected chi connectivity index (χ0v) is 14.9. The topological polar surface area (TPSA) is 167 Å². The number of carboxylic acid groups (broad SMARTS) is 1. The molecule has 2 aromatic carbocycles. The van der Waals surface area contributed by atoms with E-state index in [0.717, 1.165) is 0 Å². The minimum atomic E-state index is -3.84. The lowest BCUT2D eigenvalue weighted by molar-refractivity contribution is -0.136. The molecule has 1 amide bonds. The average molecular weight is 387 g/mol. The van der Waals surface area contributed by atoms with Gasteiger partial charge in [0, 0.05) is 17.5 Å². The second kappa shape index (κ2) is 7.90. The number of sulfonamides is 1. The Hall–Kier alpha value is -3.35. The van der Waals surface area contributed by atoms with Crippen molar-refractivity contribution in [2.75, 3.05) is 5.73 Å². The van der Waals surface area contributed by atoms with Crippen LogP contribution in [0.1, 0.15) is 28.8 Å². The number of primary amides is 1. The standard InChI is InChI=1S/C18H17N3O5S/c19-17-14(12-5-7-13(8-6-12)27(21,25)26)9-11(10-15(17)18(20)24)3-1-2-4-16(22)23/h5-10H,2,4,19H2,(H2,20,24)(H,22,23)(H2,21,25,26). The van der Waals surface area contributed by atoms with Gasteiger partial charge in [-0.3, -0.25) is 9.59 Å². The van der Waals surface area contributed by atoms with Crippen LogP contribution in [-0.2, 0) is 14.8 Å². The first-order valence-corrected chi connectivity index (χ1v) is 9.21. The van der Waals surface area contributed by atoms with Gasteiger partial charge in [0.15, 0.2) is 0 Å². The Morgan fingerprint density at radius 2 is 1.74 bits per heavy atom. The van der Waals surface area contributed by atoms with Gasteiger partial charge in [0.1, 0.15) is 0 Å². The Morgan fingerprint density at radius 1 is 1.11 bits per heavy atom. The molecule has 0 heterocycles. The maximum absolute atomic E-state index is 11.7. The fourth-order valence-electron chi connectivity index (χ4n) is 2.33. The zero-order valence-electron chi connectivity index (χ0n) is 14.1. The molecule has 0 atom stereocenters. The number of anilines is 1. The van der Waals surface area contributed by atoms with Crippen LogP contribution in [0.4, 0.5) is 5.69 Å². The van der Waals surface area contributed by atoms with E-state index in [1.807, 2.05) is 0 Å². The van der Waals surface area contributed by atoms with E-state index in [1.54, 1.807) is 6.07 Å². The molecule has 0 unspecified atom stereocenters. The van der Waals surface area contributed by atoms with E-state index in [1.165, 1.54) is 30.3 Å². The molecule has 0 saturated heterocycles. The van der Waals surface area contributed by atoms with E-state index in [2.05, 4.69) is 11.8 Å². The molecule has 0 radical (unpaired) electrons. The van der Waals surface area contributed by atoms with Gasteiger partial charge in [-0.15, -0.1) is 0 Å². The van der Waals surface area contributed by atoms with Gasteiger partial charge < -0.3 is 16.6 Å². The monoisotopic (exact) mass is 387 g/mol. The zero-order chi connectivity index (χ0) is 20.2. The molecule has 0 bridgehead atoms. The number of benzene rings is 2. The van der Waals surface area contributed by atoms with E-state index < -0.39 is 21.9 Å². The van der Waals surface area contributed by atoms with Crippen molar-refractivity contribution in [2.45, 2.75) is 17.7 Å². The summed E-state index contributed by atoms with van der Waals surface area (Å²) in [5.41, 5.74) is 13.0. The van der Waals surface area contributed by atoms with Gasteiger partial charge in [0.05, 0.1) is 22.6 Å². The molecule has 7 N–H and O–H groups in total. The predicted molar refractivity (Wildman–Crippen MR) is 99.9 cm³/mol. The SMILES string of the molecule is NC(=O)c1cc(C#CCCC(=O)O)cc(-c2ccc(S(N)(=O)=O)cc2)c1N. The number of hydrogen-bond acceptors (Lipinski definition) is 5. The van der Waals surface area contributed by atoms with Gasteiger partial charge in [-0.25, -0.2) is 13.6 Å². The van der Waals surface area contributed by atoms with Gasteiger partial charge >= 0.3 is 5.97 Å². The minimum absolute atomic E-state index is 0.0607. The third-order valence-corrected chi connectivity index (χ3v) is 4.57. The maximum Gasteiger partial charge on any atom is 0.304 e. The Labute approximate surface area is 156 Å². The normalized spacial score (nSPS) is 10.7. The number of primary sulfonamides is 1. The number of carbonyl (C=O) groups excluding carboxylic acids is 1. The van der Waals surface area contributed by atoms with Crippen molar-refractivity contribution in [3.05, 3.63) is 47.5 Å². The van der Waals surface area contributed by atoms with Crippen LogP contribution in [0.5, 0.6) is 0 Å². The number of nitrogens with two attached hydrogens (primary N) is 3. The van der Waals surface area contributed by atoms with Crippen molar-refractivity contribution in [3.63, 3.8) is 0 Å². The van der Waals surface area contributed by atoms with E-state index in [4.69, 9.17) is 21.7 Å². The molecule has 0 aromatic heterocycles. The highest BCUT2D eigenvalue weighted by Crippen LogP contribution is 2.30. The van der Waals surface area contributed by atoms with E-state index in [9.17, 15) is 18.0 Å². The number of amides is 1. The van der Waals surface area contributed by atoms with Gasteiger partial charge in [0.25, 0.3) is 5.91 Å². The third kappa shape index (κ3) is 5.07. The molecule has 8 nitrogen and oxygen atoms in total. The van der Waals surface area contributed by atoms with E-state index in [0.29, 0.717) is 16.7 Å². The predicted octanol–water partition coefficient (Wildman–Crippen LogP) is 0.898. The Bertz CT molecular complexity index is 1060. The number of aliphatic carboxylic acids is 1. The Kier molecular flexibility index (Phi) is 5.85. The second-order valence-corrected chi connectivity index (χ2v) is 7.18. The molecule has 2 aromatic rings. The molecule has 0 aliphatic heterocycles. The fraction of sp³-hybridized carbons (Fsp3) is 0.111. The summed E-state index contributed by atoms with van der Waals surface area (Å²) in [5, 5.41) is 13.7. The summed E-state index contributed by atoms with van der Waals surface area (Å²) in [5.74, 6) is 3.77. The Morgan fingerprint density at radius 3 is 2.26 bits per heavy atom. The lowest BCUT2D eigenvalue weighted by Gasteiger charge is -2.11. The molecular weight excluding hydrogens is 370 g/mol. The highest BCUT2D eigenvalue weighted by molar-refractivity contribution is 7.89. The van der Waals surface area contributed by atoms with Crippen LogP contribution in [-0.4, -0.2) is 25.4 Å². The molecule has 9 heteroatoms. The summed E-state index contributed by atoms with van der Waals surface area (Å²) in [6.07, 6.45) is 0.0382. The second-order valence-electron chi connectivity index (χ2n) is 5.61. The summed E-state index contributed by atoms with van der Waals surface area (Å²) in [6.45, 7) is 0. The molecule has 0 fully saturated rings. The van der Waals surface area contributed by atoms with Crippen LogP contribution in [0.15, 0.2) is 41.3 Å². The van der Waals surface area contributed by atoms with Crippen molar-refractivity contribution in [2.24, 2.45) is 10.9 Å². The average Bonchev–Trinajstić information content (AvgIpc) is 2.58. The first kappa shape index (κ1) is 20.0. The number of carbonyl (C=O) groups is 2. The summed E-state index contributed by atoms with van der Waals surface area (Å²) < 4.78 is 22.7. The van der Waals surface area contributed by atoms with Gasteiger partial charge in [-0.2, -0.15) is 0 Å². The van der Waals surface area contributed by atoms with Gasteiger partial charge in [-0.05, 0) is 29.8 Å². The van der Waals surface area contributed by atoms with E-state index in [-0.39, 0.29) is 29.0 Å². The summed E-state index contributed by atoms with van der Waals surface area (Å²) in [4.78, 5) is 22.2. The lowest BCUT2D eigenvalue weighted by Crippen LogP contribution is -2.14. The van der Waals surface area contributed by atoms with Crippen LogP contribution in [0.2, 0.25) is 0 Å². The van der Waals surface area contributed by atoms with Crippen LogP contribution in [0, 0.1) is 11.8 Å². The molecule has 27 heavy (non-hydrogen) atoms. The molecule has 0 aliphatic rings. The number of nitrogen functional groups attached to an aromatic ring is 1. The molecule has 0 spiro atoms. The first-order chi connectivity index (χ1) is 12.6. The number of carboxylic acids is 1. The van der Waals surface area contributed by atoms with Crippen molar-refractivity contribution in [3.8, 4) is 23.0 Å². The first-order valence-electron chi connectivity index (χ1n) is 7.67. The summed E-state index contributed by atoms with van der Waals surface area (Å²) in [6, 6.07) is 8.67. The Balaban J connectivity index is 2.51. The largest absolute Gasteiger partial charge is 0.481 e. The van der Waals surface area contributed by atoms with Crippen LogP contribution < -0.4 is 16.6 Å². The van der Waals surface area contributed by atoms with Gasteiger partial charge in [-0.1, -0.05) is 24.0 Å². The van der Waals surface area contributed by atoms with Crippen molar-refractivity contribution < 1.29 is 23.1 Å². The smallest absolute Gasteiger partial charge is 0.304 e. The lowest BCUT2D eigenvalue weighted by atomic mass is 9.97. The van der Waals surface area contributed by atoms with E-state index >= 15 is 0 Å². The minimum Gasteiger partial charge on any atom is -0.481 e. The summed E-state index contributed by atoms with van der Waals surface area (Å²) in [7, 11) is -3.84. The molecule has 2 rings (SSSR count). The molecule has 0 aliphatic carbocycles. The fourth-order valence-corrected chi connectivity index (χ4v) is 2.84. The van der Waals surface area contributed by atoms with Crippen LogP contribution in [0.25, 0.3) is 11.1 Å². The quantitative estimate of drug-likeness (QED) is 0.439. The highest BCUT2D eigenvalue weighted by Gasteiger charge is 2.14. The summed E-state index contributed by atoms with van der Waals surface area (Å²) >= 11 is 0. The molecule has 0 saturated carbocycles. The van der Waals surface area contributed by atoms with Crippen LogP contribution >= 0.6 is 0 Å².